The Morgan fingerprint density at radius 2 is 1.64 bits per heavy atom. The van der Waals surface area contributed by atoms with Gasteiger partial charge in [0.05, 0.1) is 0 Å². The van der Waals surface area contributed by atoms with Crippen molar-refractivity contribution in [2.45, 2.75) is 38.8 Å². The van der Waals surface area contributed by atoms with Crippen molar-refractivity contribution < 1.29 is 24.4 Å². The number of nitrogens with zero attached hydrogens (tertiary/aromatic N) is 1. The fraction of sp³-hybridized carbons (Fsp3) is 0.300. The lowest BCUT2D eigenvalue weighted by atomic mass is 9.80. The Balaban J connectivity index is 2.38. The van der Waals surface area contributed by atoms with Gasteiger partial charge in [-0.05, 0) is 43.9 Å². The topological polar surface area (TPSA) is 113 Å². The molecule has 2 rings (SSSR count). The van der Waals surface area contributed by atoms with E-state index in [2.05, 4.69) is 0 Å². The van der Waals surface area contributed by atoms with Crippen LogP contribution in [-0.2, 0) is 16.0 Å². The van der Waals surface area contributed by atoms with Crippen LogP contribution >= 0.6 is 0 Å². The first-order valence-electron chi connectivity index (χ1n) is 8.90. The van der Waals surface area contributed by atoms with E-state index in [1.54, 1.807) is 75.4 Å². The predicted octanol–water partition coefficient (Wildman–Crippen LogP) is 1.20. The summed E-state index contributed by atoms with van der Waals surface area (Å²) in [7, 11) is -1.58. The molecule has 0 bridgehead atoms. The quantitative estimate of drug-likeness (QED) is 0.648. The maximum atomic E-state index is 12.9. The number of hydrogen-bond donors (Lipinski definition) is 3. The Morgan fingerprint density at radius 3 is 2.11 bits per heavy atom. The van der Waals surface area contributed by atoms with Crippen LogP contribution in [0.15, 0.2) is 54.6 Å². The number of amides is 2. The number of primary amides is 1. The van der Waals surface area contributed by atoms with Crippen LogP contribution in [0.2, 0.25) is 0 Å². The molecule has 1 atom stereocenters. The number of nitrogens with two attached hydrogens (primary N) is 1. The minimum atomic E-state index is -1.58. The van der Waals surface area contributed by atoms with Gasteiger partial charge < -0.3 is 20.5 Å². The number of para-hydroxylation sites is 1. The summed E-state index contributed by atoms with van der Waals surface area (Å²) in [6.45, 7) is 5.23. The lowest BCUT2D eigenvalue weighted by Gasteiger charge is -2.32. The second kappa shape index (κ2) is 8.90. The van der Waals surface area contributed by atoms with Crippen molar-refractivity contribution in [3.05, 3.63) is 60.2 Å². The van der Waals surface area contributed by atoms with E-state index < -0.39 is 30.8 Å². The number of carbonyl (C=O) groups excluding carboxylic acids is 2. The largest absolute Gasteiger partial charge is 0.488 e. The third-order valence-electron chi connectivity index (χ3n) is 3.97. The Kier molecular flexibility index (Phi) is 6.82. The molecule has 0 saturated heterocycles. The van der Waals surface area contributed by atoms with E-state index in [0.717, 1.165) is 0 Å². The number of ether oxygens (including phenoxy) is 1. The van der Waals surface area contributed by atoms with Gasteiger partial charge in [-0.15, -0.1) is 0 Å². The standard InChI is InChI=1S/C20H25BN2O5/c1-20(2,3)28-19(25)23(16-7-5-4-6-8-16)17(18(22)24)13-14-9-11-15(12-10-14)21(26)27/h4-12,17,26-27H,13H2,1-3H3,(H2,22,24)/t17-/m0/s1. The van der Waals surface area contributed by atoms with Crippen molar-refractivity contribution in [3.63, 3.8) is 0 Å². The van der Waals surface area contributed by atoms with Gasteiger partial charge in [-0.3, -0.25) is 9.69 Å². The zero-order valence-electron chi connectivity index (χ0n) is 16.2. The summed E-state index contributed by atoms with van der Waals surface area (Å²) in [4.78, 5) is 26.4. The lowest BCUT2D eigenvalue weighted by Crippen LogP contribution is -2.51. The average molecular weight is 384 g/mol. The van der Waals surface area contributed by atoms with Crippen LogP contribution in [0.1, 0.15) is 26.3 Å². The fourth-order valence-electron chi connectivity index (χ4n) is 2.68. The maximum absolute atomic E-state index is 12.9. The molecule has 8 heteroatoms. The van der Waals surface area contributed by atoms with Crippen LogP contribution in [0.4, 0.5) is 10.5 Å². The first-order valence-corrected chi connectivity index (χ1v) is 8.90. The molecule has 2 aromatic rings. The van der Waals surface area contributed by atoms with E-state index >= 15 is 0 Å². The average Bonchev–Trinajstić information content (AvgIpc) is 2.61. The summed E-state index contributed by atoms with van der Waals surface area (Å²) in [5, 5.41) is 18.4. The molecule has 0 aliphatic rings. The molecule has 0 fully saturated rings. The smallest absolute Gasteiger partial charge is 0.443 e. The van der Waals surface area contributed by atoms with Crippen molar-refractivity contribution in [3.8, 4) is 0 Å². The summed E-state index contributed by atoms with van der Waals surface area (Å²) in [5.41, 5.74) is 6.41. The van der Waals surface area contributed by atoms with Gasteiger partial charge >= 0.3 is 13.2 Å². The molecule has 28 heavy (non-hydrogen) atoms. The van der Waals surface area contributed by atoms with Crippen molar-refractivity contribution in [1.82, 2.24) is 0 Å². The number of carbonyl (C=O) groups is 2. The van der Waals surface area contributed by atoms with Gasteiger partial charge in [0.2, 0.25) is 5.91 Å². The van der Waals surface area contributed by atoms with Gasteiger partial charge in [0.1, 0.15) is 11.6 Å². The maximum Gasteiger partial charge on any atom is 0.488 e. The Bertz CT molecular complexity index is 804. The fourth-order valence-corrected chi connectivity index (χ4v) is 2.68. The third-order valence-corrected chi connectivity index (χ3v) is 3.97. The second-order valence-electron chi connectivity index (χ2n) is 7.42. The van der Waals surface area contributed by atoms with Gasteiger partial charge in [0.25, 0.3) is 0 Å². The minimum absolute atomic E-state index is 0.144. The first kappa shape index (κ1) is 21.5. The van der Waals surface area contributed by atoms with Crippen molar-refractivity contribution in [2.24, 2.45) is 5.73 Å². The molecule has 0 saturated carbocycles. The van der Waals surface area contributed by atoms with Crippen LogP contribution < -0.4 is 16.1 Å². The summed E-state index contributed by atoms with van der Waals surface area (Å²) in [6, 6.07) is 14.1. The highest BCUT2D eigenvalue weighted by Gasteiger charge is 2.33. The molecular formula is C20H25BN2O5. The molecule has 0 aliphatic carbocycles. The number of anilines is 1. The highest BCUT2D eigenvalue weighted by Crippen LogP contribution is 2.22. The van der Waals surface area contributed by atoms with Crippen molar-refractivity contribution in [1.29, 1.82) is 0 Å². The van der Waals surface area contributed by atoms with Crippen LogP contribution in [0.5, 0.6) is 0 Å². The molecule has 0 heterocycles. The lowest BCUT2D eigenvalue weighted by molar-refractivity contribution is -0.119. The first-order chi connectivity index (χ1) is 13.1. The highest BCUT2D eigenvalue weighted by molar-refractivity contribution is 6.58. The molecule has 0 radical (unpaired) electrons. The molecule has 4 N–H and O–H groups in total. The Hall–Kier alpha value is -2.84. The molecule has 148 valence electrons. The second-order valence-corrected chi connectivity index (χ2v) is 7.42. The molecular weight excluding hydrogens is 359 g/mol. The van der Waals surface area contributed by atoms with Crippen LogP contribution in [0.3, 0.4) is 0 Å². The molecule has 2 amide bonds. The zero-order chi connectivity index (χ0) is 20.9. The third kappa shape index (κ3) is 5.83. The van der Waals surface area contributed by atoms with E-state index in [4.69, 9.17) is 10.5 Å². The molecule has 0 unspecified atom stereocenters. The molecule has 2 aromatic carbocycles. The van der Waals surface area contributed by atoms with Crippen LogP contribution in [0, 0.1) is 0 Å². The molecule has 0 aromatic heterocycles. The zero-order valence-corrected chi connectivity index (χ0v) is 16.2. The Labute approximate surface area is 164 Å². The van der Waals surface area contributed by atoms with E-state index in [9.17, 15) is 19.6 Å². The predicted molar refractivity (Wildman–Crippen MR) is 108 cm³/mol. The highest BCUT2D eigenvalue weighted by atomic mass is 16.6. The summed E-state index contributed by atoms with van der Waals surface area (Å²) < 4.78 is 5.49. The van der Waals surface area contributed by atoms with E-state index in [1.807, 2.05) is 0 Å². The van der Waals surface area contributed by atoms with Gasteiger partial charge in [0, 0.05) is 12.1 Å². The number of benzene rings is 2. The summed E-state index contributed by atoms with van der Waals surface area (Å²) in [6.07, 6.45) is -0.532. The molecule has 7 nitrogen and oxygen atoms in total. The summed E-state index contributed by atoms with van der Waals surface area (Å²) >= 11 is 0. The molecule has 0 aliphatic heterocycles. The monoisotopic (exact) mass is 384 g/mol. The van der Waals surface area contributed by atoms with E-state index in [1.165, 1.54) is 4.90 Å². The van der Waals surface area contributed by atoms with Crippen LogP contribution in [-0.4, -0.2) is 40.8 Å². The SMILES string of the molecule is CC(C)(C)OC(=O)N(c1ccccc1)[C@@H](Cc1ccc(B(O)O)cc1)C(N)=O. The van der Waals surface area contributed by atoms with E-state index in [0.29, 0.717) is 16.7 Å². The van der Waals surface area contributed by atoms with Gasteiger partial charge in [-0.25, -0.2) is 4.79 Å². The van der Waals surface area contributed by atoms with Crippen molar-refractivity contribution in [2.75, 3.05) is 4.90 Å². The van der Waals surface area contributed by atoms with Crippen LogP contribution in [0.25, 0.3) is 0 Å². The number of hydrogen-bond acceptors (Lipinski definition) is 5. The minimum Gasteiger partial charge on any atom is -0.443 e. The van der Waals surface area contributed by atoms with Gasteiger partial charge in [-0.2, -0.15) is 0 Å². The normalized spacial score (nSPS) is 12.2. The number of rotatable bonds is 6. The Morgan fingerprint density at radius 1 is 1.07 bits per heavy atom. The van der Waals surface area contributed by atoms with Gasteiger partial charge in [0.15, 0.2) is 0 Å². The summed E-state index contributed by atoms with van der Waals surface area (Å²) in [5.74, 6) is -0.680. The van der Waals surface area contributed by atoms with Gasteiger partial charge in [-0.1, -0.05) is 42.5 Å². The molecule has 0 spiro atoms. The van der Waals surface area contributed by atoms with Crippen molar-refractivity contribution >= 4 is 30.3 Å². The van der Waals surface area contributed by atoms with E-state index in [-0.39, 0.29) is 6.42 Å².